The quantitative estimate of drug-likeness (QED) is 0.676. The molecule has 4 heteroatoms. The molecule has 0 aromatic heterocycles. The Balaban J connectivity index is 2.03. The molecule has 2 aliphatic rings. The van der Waals surface area contributed by atoms with E-state index in [0.29, 0.717) is 5.92 Å². The Morgan fingerprint density at radius 2 is 1.94 bits per heavy atom. The van der Waals surface area contributed by atoms with Gasteiger partial charge in [-0.3, -0.25) is 9.69 Å². The van der Waals surface area contributed by atoms with Gasteiger partial charge in [0.15, 0.2) is 0 Å². The number of likely N-dealkylation sites (tertiary alicyclic amines) is 1. The summed E-state index contributed by atoms with van der Waals surface area (Å²) in [5, 5.41) is 0. The third-order valence-corrected chi connectivity index (χ3v) is 3.69. The molecule has 2 saturated heterocycles. The Kier molecular flexibility index (Phi) is 4.18. The minimum atomic E-state index is -0.0613. The van der Waals surface area contributed by atoms with Gasteiger partial charge in [0.25, 0.3) is 0 Å². The third-order valence-electron chi connectivity index (χ3n) is 3.69. The van der Waals surface area contributed by atoms with Crippen molar-refractivity contribution in [2.75, 3.05) is 33.4 Å². The second kappa shape index (κ2) is 5.64. The van der Waals surface area contributed by atoms with Gasteiger partial charge in [-0.05, 0) is 44.7 Å². The van der Waals surface area contributed by atoms with Crippen LogP contribution in [0.4, 0.5) is 0 Å². The molecule has 1 atom stereocenters. The number of carbonyl (C=O) groups excluding carboxylic acids is 1. The van der Waals surface area contributed by atoms with Crippen molar-refractivity contribution < 1.29 is 14.3 Å². The minimum Gasteiger partial charge on any atom is -0.468 e. The van der Waals surface area contributed by atoms with Crippen LogP contribution in [0.15, 0.2) is 0 Å². The molecule has 0 N–H and O–H groups in total. The molecule has 0 aromatic rings. The summed E-state index contributed by atoms with van der Waals surface area (Å²) in [5.74, 6) is 0.355. The van der Waals surface area contributed by atoms with Crippen molar-refractivity contribution in [2.24, 2.45) is 5.92 Å². The highest BCUT2D eigenvalue weighted by Crippen LogP contribution is 2.26. The fourth-order valence-corrected chi connectivity index (χ4v) is 2.81. The number of hydrogen-bond donors (Lipinski definition) is 0. The number of esters is 1. The molecule has 0 saturated carbocycles. The number of hydrogen-bond acceptors (Lipinski definition) is 4. The molecular weight excluding hydrogens is 206 g/mol. The van der Waals surface area contributed by atoms with Crippen LogP contribution in [0, 0.1) is 5.92 Å². The van der Waals surface area contributed by atoms with Crippen LogP contribution in [0.5, 0.6) is 0 Å². The zero-order valence-electron chi connectivity index (χ0n) is 9.98. The maximum atomic E-state index is 11.9. The van der Waals surface area contributed by atoms with Crippen LogP contribution >= 0.6 is 0 Å². The maximum Gasteiger partial charge on any atom is 0.323 e. The molecule has 0 aromatic carbocycles. The van der Waals surface area contributed by atoms with Gasteiger partial charge in [-0.2, -0.15) is 0 Å². The SMILES string of the molecule is COC(=O)C(C1CCOCC1)N1CCCC1. The van der Waals surface area contributed by atoms with Gasteiger partial charge in [-0.25, -0.2) is 0 Å². The molecule has 2 fully saturated rings. The minimum absolute atomic E-state index is 0.0311. The summed E-state index contributed by atoms with van der Waals surface area (Å²) in [6.07, 6.45) is 4.37. The van der Waals surface area contributed by atoms with Gasteiger partial charge in [0.1, 0.15) is 6.04 Å². The molecule has 0 aliphatic carbocycles. The first-order valence-corrected chi connectivity index (χ1v) is 6.22. The Bertz CT molecular complexity index is 232. The number of nitrogens with zero attached hydrogens (tertiary/aromatic N) is 1. The molecule has 92 valence electrons. The number of carbonyl (C=O) groups is 1. The van der Waals surface area contributed by atoms with Crippen LogP contribution < -0.4 is 0 Å². The standard InChI is InChI=1S/C12H21NO3/c1-15-12(14)11(13-6-2-3-7-13)10-4-8-16-9-5-10/h10-11H,2-9H2,1H3. The first-order chi connectivity index (χ1) is 7.83. The Morgan fingerprint density at radius 3 is 2.50 bits per heavy atom. The number of ether oxygens (including phenoxy) is 2. The first kappa shape index (κ1) is 11.9. The average molecular weight is 227 g/mol. The summed E-state index contributed by atoms with van der Waals surface area (Å²) in [7, 11) is 1.49. The van der Waals surface area contributed by atoms with Crippen molar-refractivity contribution in [3.05, 3.63) is 0 Å². The third kappa shape index (κ3) is 2.55. The van der Waals surface area contributed by atoms with E-state index in [1.807, 2.05) is 0 Å². The summed E-state index contributed by atoms with van der Waals surface area (Å²) in [5.41, 5.74) is 0. The molecule has 0 amide bonds. The lowest BCUT2D eigenvalue weighted by atomic mass is 9.91. The largest absolute Gasteiger partial charge is 0.468 e. The molecule has 0 spiro atoms. The molecule has 16 heavy (non-hydrogen) atoms. The Labute approximate surface area is 96.9 Å². The fraction of sp³-hybridized carbons (Fsp3) is 0.917. The second-order valence-corrected chi connectivity index (χ2v) is 4.66. The summed E-state index contributed by atoms with van der Waals surface area (Å²) in [6.45, 7) is 3.65. The topological polar surface area (TPSA) is 38.8 Å². The predicted molar refractivity (Wildman–Crippen MR) is 60.2 cm³/mol. The zero-order valence-corrected chi connectivity index (χ0v) is 9.98. The molecule has 0 radical (unpaired) electrons. The Hall–Kier alpha value is -0.610. The van der Waals surface area contributed by atoms with E-state index >= 15 is 0 Å². The number of rotatable bonds is 3. The maximum absolute atomic E-state index is 11.9. The van der Waals surface area contributed by atoms with Gasteiger partial charge in [0, 0.05) is 13.2 Å². The highest BCUT2D eigenvalue weighted by atomic mass is 16.5. The van der Waals surface area contributed by atoms with E-state index in [4.69, 9.17) is 9.47 Å². The van der Waals surface area contributed by atoms with Crippen molar-refractivity contribution >= 4 is 5.97 Å². The van der Waals surface area contributed by atoms with Crippen molar-refractivity contribution in [1.82, 2.24) is 4.90 Å². The van der Waals surface area contributed by atoms with Crippen LogP contribution in [0.3, 0.4) is 0 Å². The summed E-state index contributed by atoms with van der Waals surface area (Å²) in [4.78, 5) is 14.2. The predicted octanol–water partition coefficient (Wildman–Crippen LogP) is 1.05. The van der Waals surface area contributed by atoms with E-state index < -0.39 is 0 Å². The van der Waals surface area contributed by atoms with Gasteiger partial charge >= 0.3 is 5.97 Å². The summed E-state index contributed by atoms with van der Waals surface area (Å²) < 4.78 is 10.3. The van der Waals surface area contributed by atoms with Crippen LogP contribution in [0.25, 0.3) is 0 Å². The molecular formula is C12H21NO3. The Morgan fingerprint density at radius 1 is 1.31 bits per heavy atom. The van der Waals surface area contributed by atoms with E-state index in [1.165, 1.54) is 20.0 Å². The van der Waals surface area contributed by atoms with Crippen LogP contribution in [0.2, 0.25) is 0 Å². The van der Waals surface area contributed by atoms with E-state index in [9.17, 15) is 4.79 Å². The second-order valence-electron chi connectivity index (χ2n) is 4.66. The monoisotopic (exact) mass is 227 g/mol. The summed E-state index contributed by atoms with van der Waals surface area (Å²) in [6, 6.07) is -0.0311. The number of methoxy groups -OCH3 is 1. The van der Waals surface area contributed by atoms with E-state index in [0.717, 1.165) is 39.1 Å². The van der Waals surface area contributed by atoms with Crippen LogP contribution in [-0.2, 0) is 14.3 Å². The normalized spacial score (nSPS) is 25.6. The average Bonchev–Trinajstić information content (AvgIpc) is 2.84. The van der Waals surface area contributed by atoms with Gasteiger partial charge in [0.05, 0.1) is 7.11 Å². The van der Waals surface area contributed by atoms with Gasteiger partial charge in [0.2, 0.25) is 0 Å². The highest BCUT2D eigenvalue weighted by Gasteiger charge is 2.36. The lowest BCUT2D eigenvalue weighted by molar-refractivity contribution is -0.150. The van der Waals surface area contributed by atoms with E-state index in [2.05, 4.69) is 4.90 Å². The summed E-state index contributed by atoms with van der Waals surface area (Å²) >= 11 is 0. The molecule has 2 heterocycles. The zero-order chi connectivity index (χ0) is 11.4. The first-order valence-electron chi connectivity index (χ1n) is 6.22. The molecule has 1 unspecified atom stereocenters. The lowest BCUT2D eigenvalue weighted by Gasteiger charge is -2.34. The van der Waals surface area contributed by atoms with E-state index in [1.54, 1.807) is 0 Å². The van der Waals surface area contributed by atoms with Gasteiger partial charge in [-0.15, -0.1) is 0 Å². The van der Waals surface area contributed by atoms with Crippen molar-refractivity contribution in [1.29, 1.82) is 0 Å². The molecule has 0 bridgehead atoms. The van der Waals surface area contributed by atoms with Gasteiger partial charge in [-0.1, -0.05) is 0 Å². The van der Waals surface area contributed by atoms with Crippen molar-refractivity contribution in [2.45, 2.75) is 31.7 Å². The van der Waals surface area contributed by atoms with Gasteiger partial charge < -0.3 is 9.47 Å². The fourth-order valence-electron chi connectivity index (χ4n) is 2.81. The van der Waals surface area contributed by atoms with Crippen molar-refractivity contribution in [3.8, 4) is 0 Å². The van der Waals surface area contributed by atoms with Crippen molar-refractivity contribution in [3.63, 3.8) is 0 Å². The molecule has 2 rings (SSSR count). The van der Waals surface area contributed by atoms with Crippen LogP contribution in [-0.4, -0.2) is 50.3 Å². The smallest absolute Gasteiger partial charge is 0.323 e. The van der Waals surface area contributed by atoms with E-state index in [-0.39, 0.29) is 12.0 Å². The van der Waals surface area contributed by atoms with Crippen LogP contribution in [0.1, 0.15) is 25.7 Å². The lowest BCUT2D eigenvalue weighted by Crippen LogP contribution is -2.47. The molecule has 2 aliphatic heterocycles. The highest BCUT2D eigenvalue weighted by molar-refractivity contribution is 5.76. The molecule has 4 nitrogen and oxygen atoms in total.